The van der Waals surface area contributed by atoms with Crippen LogP contribution < -0.4 is 5.56 Å². The summed E-state index contributed by atoms with van der Waals surface area (Å²) < 4.78 is 1.69. The van der Waals surface area contributed by atoms with Crippen LogP contribution in [0.5, 0.6) is 0 Å². The van der Waals surface area contributed by atoms with Crippen LogP contribution in [0.2, 0.25) is 0 Å². The first kappa shape index (κ1) is 16.7. The number of aromatic nitrogens is 3. The molecule has 0 amide bonds. The maximum atomic E-state index is 13.0. The Hall–Kier alpha value is -2.79. The Balaban J connectivity index is 1.85. The molecule has 0 aliphatic heterocycles. The number of hydrogen-bond donors (Lipinski definition) is 1. The van der Waals surface area contributed by atoms with Gasteiger partial charge in [-0.05, 0) is 24.1 Å². The van der Waals surface area contributed by atoms with E-state index in [-0.39, 0.29) is 5.56 Å². The molecule has 5 heteroatoms. The van der Waals surface area contributed by atoms with Gasteiger partial charge in [-0.15, -0.1) is 6.58 Å². The lowest BCUT2D eigenvalue weighted by Gasteiger charge is -2.11. The van der Waals surface area contributed by atoms with Gasteiger partial charge >= 0.3 is 0 Å². The van der Waals surface area contributed by atoms with E-state index in [4.69, 9.17) is 4.98 Å². The molecule has 0 unspecified atom stereocenters. The average molecular weight is 361 g/mol. The standard InChI is InChI=1S/C21H19N3OS/c1-3-12-24-20(25)19-18(16-10-6-7-11-17(16)22-19)23-21(24)26-13-15-9-5-4-8-14(15)2/h3-11,22H,1,12-13H2,2H3. The van der Waals surface area contributed by atoms with E-state index in [1.54, 1.807) is 22.4 Å². The van der Waals surface area contributed by atoms with Gasteiger partial charge in [-0.25, -0.2) is 4.98 Å². The minimum atomic E-state index is -0.0571. The maximum Gasteiger partial charge on any atom is 0.278 e. The number of H-pyrrole nitrogens is 1. The fourth-order valence-electron chi connectivity index (χ4n) is 3.09. The largest absolute Gasteiger partial charge is 0.349 e. The molecule has 0 fully saturated rings. The zero-order chi connectivity index (χ0) is 18.1. The number of nitrogens with zero attached hydrogens (tertiary/aromatic N) is 2. The van der Waals surface area contributed by atoms with Crippen LogP contribution in [-0.4, -0.2) is 14.5 Å². The Kier molecular flexibility index (Phi) is 4.39. The SMILES string of the molecule is C=CCn1c(SCc2ccccc2C)nc2c([nH]c3ccccc32)c1=O. The molecule has 0 bridgehead atoms. The Bertz CT molecular complexity index is 1170. The Morgan fingerprint density at radius 1 is 1.19 bits per heavy atom. The lowest BCUT2D eigenvalue weighted by Crippen LogP contribution is -2.22. The van der Waals surface area contributed by atoms with Crippen molar-refractivity contribution in [3.63, 3.8) is 0 Å². The number of allylic oxidation sites excluding steroid dienone is 1. The third-order valence-electron chi connectivity index (χ3n) is 4.51. The van der Waals surface area contributed by atoms with Gasteiger partial charge in [0.2, 0.25) is 0 Å². The quantitative estimate of drug-likeness (QED) is 0.319. The van der Waals surface area contributed by atoms with E-state index in [0.717, 1.165) is 27.3 Å². The van der Waals surface area contributed by atoms with E-state index in [1.807, 2.05) is 36.4 Å². The van der Waals surface area contributed by atoms with E-state index in [0.29, 0.717) is 12.1 Å². The van der Waals surface area contributed by atoms with Crippen molar-refractivity contribution in [1.29, 1.82) is 0 Å². The van der Waals surface area contributed by atoms with Crippen LogP contribution >= 0.6 is 11.8 Å². The zero-order valence-corrected chi connectivity index (χ0v) is 15.3. The van der Waals surface area contributed by atoms with Gasteiger partial charge in [-0.1, -0.05) is 60.3 Å². The van der Waals surface area contributed by atoms with E-state index in [9.17, 15) is 4.79 Å². The summed E-state index contributed by atoms with van der Waals surface area (Å²) in [6.45, 7) is 6.32. The van der Waals surface area contributed by atoms with Crippen molar-refractivity contribution >= 4 is 33.7 Å². The first-order valence-corrected chi connectivity index (χ1v) is 9.47. The fourth-order valence-corrected chi connectivity index (χ4v) is 4.17. The minimum Gasteiger partial charge on any atom is -0.349 e. The van der Waals surface area contributed by atoms with Crippen molar-refractivity contribution in [2.75, 3.05) is 0 Å². The number of rotatable bonds is 5. The highest BCUT2D eigenvalue weighted by atomic mass is 32.2. The Labute approximate surface area is 155 Å². The molecule has 2 aromatic carbocycles. The highest BCUT2D eigenvalue weighted by molar-refractivity contribution is 7.98. The molecule has 130 valence electrons. The maximum absolute atomic E-state index is 13.0. The average Bonchev–Trinajstić information content (AvgIpc) is 3.03. The summed E-state index contributed by atoms with van der Waals surface area (Å²) in [6, 6.07) is 16.2. The third-order valence-corrected chi connectivity index (χ3v) is 5.53. The molecule has 26 heavy (non-hydrogen) atoms. The highest BCUT2D eigenvalue weighted by Gasteiger charge is 2.15. The highest BCUT2D eigenvalue weighted by Crippen LogP contribution is 2.27. The lowest BCUT2D eigenvalue weighted by molar-refractivity contribution is 0.671. The number of aromatic amines is 1. The van der Waals surface area contributed by atoms with Crippen molar-refractivity contribution < 1.29 is 0 Å². The molecular formula is C21H19N3OS. The number of thioether (sulfide) groups is 1. The molecule has 2 heterocycles. The van der Waals surface area contributed by atoms with Crippen LogP contribution in [0.25, 0.3) is 21.9 Å². The molecule has 4 rings (SSSR count). The molecule has 4 aromatic rings. The lowest BCUT2D eigenvalue weighted by atomic mass is 10.1. The predicted octanol–water partition coefficient (Wildman–Crippen LogP) is 4.66. The molecule has 0 aliphatic carbocycles. The molecule has 1 N–H and O–H groups in total. The predicted molar refractivity (Wildman–Crippen MR) is 109 cm³/mol. The van der Waals surface area contributed by atoms with Crippen LogP contribution in [0.4, 0.5) is 0 Å². The van der Waals surface area contributed by atoms with Gasteiger partial charge in [0.1, 0.15) is 11.0 Å². The second kappa shape index (κ2) is 6.84. The van der Waals surface area contributed by atoms with Crippen molar-refractivity contribution in [2.45, 2.75) is 24.4 Å². The van der Waals surface area contributed by atoms with Crippen molar-refractivity contribution in [2.24, 2.45) is 0 Å². The monoisotopic (exact) mass is 361 g/mol. The minimum absolute atomic E-state index is 0.0571. The summed E-state index contributed by atoms with van der Waals surface area (Å²) in [7, 11) is 0. The second-order valence-corrected chi connectivity index (χ2v) is 7.15. The van der Waals surface area contributed by atoms with Crippen molar-refractivity contribution in [1.82, 2.24) is 14.5 Å². The van der Waals surface area contributed by atoms with Crippen LogP contribution in [0.3, 0.4) is 0 Å². The van der Waals surface area contributed by atoms with Gasteiger partial charge in [-0.3, -0.25) is 9.36 Å². The molecule has 2 aromatic heterocycles. The summed E-state index contributed by atoms with van der Waals surface area (Å²) in [6.07, 6.45) is 1.73. The summed E-state index contributed by atoms with van der Waals surface area (Å²) in [5.74, 6) is 0.768. The molecule has 4 nitrogen and oxygen atoms in total. The number of benzene rings is 2. The zero-order valence-electron chi connectivity index (χ0n) is 14.5. The van der Waals surface area contributed by atoms with Gasteiger partial charge in [0.25, 0.3) is 5.56 Å². The fraction of sp³-hybridized carbons (Fsp3) is 0.143. The third kappa shape index (κ3) is 2.84. The molecule has 0 aliphatic rings. The molecule has 0 saturated heterocycles. The summed E-state index contributed by atoms with van der Waals surface area (Å²) in [5.41, 5.74) is 4.64. The van der Waals surface area contributed by atoms with Crippen LogP contribution in [0.1, 0.15) is 11.1 Å². The number of para-hydroxylation sites is 1. The van der Waals surface area contributed by atoms with Gasteiger partial charge in [0.15, 0.2) is 5.16 Å². The Morgan fingerprint density at radius 3 is 2.77 bits per heavy atom. The molecule has 0 spiro atoms. The van der Waals surface area contributed by atoms with Crippen molar-refractivity contribution in [3.8, 4) is 0 Å². The number of aryl methyl sites for hydroxylation is 1. The van der Waals surface area contributed by atoms with E-state index >= 15 is 0 Å². The van der Waals surface area contributed by atoms with Gasteiger partial charge in [0.05, 0.1) is 0 Å². The number of fused-ring (bicyclic) bond motifs is 3. The topological polar surface area (TPSA) is 50.7 Å². The van der Waals surface area contributed by atoms with Gasteiger partial charge < -0.3 is 4.98 Å². The first-order chi connectivity index (χ1) is 12.7. The van der Waals surface area contributed by atoms with Crippen molar-refractivity contribution in [3.05, 3.63) is 82.7 Å². The van der Waals surface area contributed by atoms with Crippen LogP contribution in [0.15, 0.2) is 71.1 Å². The summed E-state index contributed by atoms with van der Waals surface area (Å²) in [4.78, 5) is 21.1. The Morgan fingerprint density at radius 2 is 1.96 bits per heavy atom. The van der Waals surface area contributed by atoms with E-state index < -0.39 is 0 Å². The normalized spacial score (nSPS) is 11.3. The molecule has 0 saturated carbocycles. The first-order valence-electron chi connectivity index (χ1n) is 8.48. The molecular weight excluding hydrogens is 342 g/mol. The summed E-state index contributed by atoms with van der Waals surface area (Å²) >= 11 is 1.59. The van der Waals surface area contributed by atoms with Gasteiger partial charge in [-0.2, -0.15) is 0 Å². The summed E-state index contributed by atoms with van der Waals surface area (Å²) in [5, 5.41) is 1.69. The van der Waals surface area contributed by atoms with Gasteiger partial charge in [0, 0.05) is 23.2 Å². The smallest absolute Gasteiger partial charge is 0.278 e. The number of hydrogen-bond acceptors (Lipinski definition) is 3. The van der Waals surface area contributed by atoms with E-state index in [2.05, 4.69) is 30.6 Å². The molecule has 0 radical (unpaired) electrons. The number of nitrogens with one attached hydrogen (secondary N) is 1. The second-order valence-electron chi connectivity index (χ2n) is 6.21. The van der Waals surface area contributed by atoms with Crippen LogP contribution in [-0.2, 0) is 12.3 Å². The van der Waals surface area contributed by atoms with E-state index in [1.165, 1.54) is 11.1 Å². The molecule has 0 atom stereocenters. The van der Waals surface area contributed by atoms with Crippen LogP contribution in [0, 0.1) is 6.92 Å².